The Balaban J connectivity index is 1.69. The Labute approximate surface area is 170 Å². The summed E-state index contributed by atoms with van der Waals surface area (Å²) in [6.07, 6.45) is 1.87. The number of rotatable bonds is 5. The van der Waals surface area contributed by atoms with Crippen LogP contribution in [-0.4, -0.2) is 38.1 Å². The lowest BCUT2D eigenvalue weighted by molar-refractivity contribution is -0.123. The van der Waals surface area contributed by atoms with Crippen molar-refractivity contribution in [1.82, 2.24) is 4.90 Å². The molecule has 144 valence electrons. The summed E-state index contributed by atoms with van der Waals surface area (Å²) in [6, 6.07) is 13.1. The predicted molar refractivity (Wildman–Crippen MR) is 111 cm³/mol. The molecule has 1 atom stereocenters. The number of carbonyl (C=O) groups excluding carboxylic acids is 1. The number of hydrogen-bond donors (Lipinski definition) is 0. The highest BCUT2D eigenvalue weighted by Crippen LogP contribution is 2.29. The number of benzene rings is 2. The zero-order valence-electron chi connectivity index (χ0n) is 15.6. The molecule has 2 aromatic rings. The lowest BCUT2D eigenvalue weighted by atomic mass is 9.96. The zero-order valence-corrected chi connectivity index (χ0v) is 17.1. The number of hydrogen-bond acceptors (Lipinski definition) is 3. The second kappa shape index (κ2) is 8.96. The average molecular weight is 407 g/mol. The van der Waals surface area contributed by atoms with E-state index in [9.17, 15) is 4.79 Å². The monoisotopic (exact) mass is 406 g/mol. The summed E-state index contributed by atoms with van der Waals surface area (Å²) < 4.78 is 5.26. The van der Waals surface area contributed by atoms with Crippen LogP contribution in [0.25, 0.3) is 0 Å². The molecule has 27 heavy (non-hydrogen) atoms. The van der Waals surface area contributed by atoms with Gasteiger partial charge in [0.05, 0.1) is 13.0 Å². The lowest BCUT2D eigenvalue weighted by Crippen LogP contribution is -2.43. The van der Waals surface area contributed by atoms with Crippen molar-refractivity contribution in [2.75, 3.05) is 32.1 Å². The van der Waals surface area contributed by atoms with Gasteiger partial charge in [-0.15, -0.1) is 0 Å². The first-order chi connectivity index (χ1) is 13.0. The summed E-state index contributed by atoms with van der Waals surface area (Å²) >= 11 is 12.6. The fourth-order valence-electron chi connectivity index (χ4n) is 3.53. The van der Waals surface area contributed by atoms with Crippen LogP contribution in [0.15, 0.2) is 42.5 Å². The van der Waals surface area contributed by atoms with Crippen molar-refractivity contribution < 1.29 is 9.53 Å². The molecule has 0 N–H and O–H groups in total. The van der Waals surface area contributed by atoms with E-state index in [1.54, 1.807) is 12.0 Å². The van der Waals surface area contributed by atoms with Crippen LogP contribution < -0.4 is 9.64 Å². The summed E-state index contributed by atoms with van der Waals surface area (Å²) in [5.41, 5.74) is 1.76. The first-order valence-corrected chi connectivity index (χ1v) is 9.82. The van der Waals surface area contributed by atoms with E-state index in [0.717, 1.165) is 36.4 Å². The molecule has 4 nitrogen and oxygen atoms in total. The molecule has 1 aliphatic heterocycles. The Hall–Kier alpha value is -1.75. The average Bonchev–Trinajstić information content (AvgIpc) is 2.70. The summed E-state index contributed by atoms with van der Waals surface area (Å²) in [5, 5.41) is 1.34. The Morgan fingerprint density at radius 3 is 2.63 bits per heavy atom. The SMILES string of the molecule is COc1cccc(N(C)C(=O)C2CCCN(Cc3c(Cl)cccc3Cl)C2)c1. The van der Waals surface area contributed by atoms with Crippen molar-refractivity contribution in [2.45, 2.75) is 19.4 Å². The highest BCUT2D eigenvalue weighted by atomic mass is 35.5. The van der Waals surface area contributed by atoms with Gasteiger partial charge in [0.2, 0.25) is 5.91 Å². The lowest BCUT2D eigenvalue weighted by Gasteiger charge is -2.34. The van der Waals surface area contributed by atoms with E-state index in [1.165, 1.54) is 0 Å². The van der Waals surface area contributed by atoms with Crippen molar-refractivity contribution in [3.63, 3.8) is 0 Å². The molecular weight excluding hydrogens is 383 g/mol. The van der Waals surface area contributed by atoms with Gasteiger partial charge in [-0.05, 0) is 43.7 Å². The summed E-state index contributed by atoms with van der Waals surface area (Å²) in [7, 11) is 3.45. The van der Waals surface area contributed by atoms with E-state index in [1.807, 2.05) is 49.5 Å². The third-order valence-electron chi connectivity index (χ3n) is 5.07. The van der Waals surface area contributed by atoms with Gasteiger partial charge < -0.3 is 9.64 Å². The third kappa shape index (κ3) is 4.75. The molecular formula is C21H24Cl2N2O2. The first-order valence-electron chi connectivity index (χ1n) is 9.06. The molecule has 1 heterocycles. The van der Waals surface area contributed by atoms with E-state index >= 15 is 0 Å². The quantitative estimate of drug-likeness (QED) is 0.709. The van der Waals surface area contributed by atoms with Crippen LogP contribution in [0.3, 0.4) is 0 Å². The fourth-order valence-corrected chi connectivity index (χ4v) is 4.04. The number of anilines is 1. The van der Waals surface area contributed by atoms with Crippen molar-refractivity contribution in [3.05, 3.63) is 58.1 Å². The van der Waals surface area contributed by atoms with Gasteiger partial charge in [0, 0.05) is 47.5 Å². The summed E-state index contributed by atoms with van der Waals surface area (Å²) in [6.45, 7) is 2.30. The van der Waals surface area contributed by atoms with Crippen LogP contribution in [0, 0.1) is 5.92 Å². The number of amides is 1. The van der Waals surface area contributed by atoms with Gasteiger partial charge in [-0.2, -0.15) is 0 Å². The highest BCUT2D eigenvalue weighted by molar-refractivity contribution is 6.35. The standard InChI is InChI=1S/C21H24Cl2N2O2/c1-24(16-7-3-8-17(12-16)27-2)21(26)15-6-5-11-25(13-15)14-18-19(22)9-4-10-20(18)23/h3-4,7-10,12,15H,5-6,11,13-14H2,1-2H3. The molecule has 3 rings (SSSR count). The number of nitrogens with zero attached hydrogens (tertiary/aromatic N) is 2. The molecule has 1 saturated heterocycles. The smallest absolute Gasteiger partial charge is 0.231 e. The molecule has 0 spiro atoms. The molecule has 0 aliphatic carbocycles. The van der Waals surface area contributed by atoms with Gasteiger partial charge in [0.25, 0.3) is 0 Å². The second-order valence-electron chi connectivity index (χ2n) is 6.87. The van der Waals surface area contributed by atoms with Crippen LogP contribution in [0.4, 0.5) is 5.69 Å². The predicted octanol–water partition coefficient (Wildman–Crippen LogP) is 4.88. The van der Waals surface area contributed by atoms with Crippen LogP contribution in [0.2, 0.25) is 10.0 Å². The molecule has 1 unspecified atom stereocenters. The topological polar surface area (TPSA) is 32.8 Å². The minimum absolute atomic E-state index is 0.0452. The largest absolute Gasteiger partial charge is 0.497 e. The number of likely N-dealkylation sites (tertiary alicyclic amines) is 1. The molecule has 1 aliphatic rings. The first kappa shape index (κ1) is 20.0. The summed E-state index contributed by atoms with van der Waals surface area (Å²) in [4.78, 5) is 17.0. The summed E-state index contributed by atoms with van der Waals surface area (Å²) in [5.74, 6) is 0.820. The second-order valence-corrected chi connectivity index (χ2v) is 7.69. The minimum Gasteiger partial charge on any atom is -0.497 e. The van der Waals surface area contributed by atoms with Gasteiger partial charge in [-0.25, -0.2) is 0 Å². The van der Waals surface area contributed by atoms with E-state index in [4.69, 9.17) is 27.9 Å². The van der Waals surface area contributed by atoms with Crippen LogP contribution >= 0.6 is 23.2 Å². The molecule has 0 radical (unpaired) electrons. The van der Waals surface area contributed by atoms with Crippen LogP contribution in [0.5, 0.6) is 5.75 Å². The normalized spacial score (nSPS) is 17.6. The maximum atomic E-state index is 13.0. The van der Waals surface area contributed by atoms with E-state index in [-0.39, 0.29) is 11.8 Å². The number of ether oxygens (including phenoxy) is 1. The van der Waals surface area contributed by atoms with Gasteiger partial charge in [-0.1, -0.05) is 35.3 Å². The van der Waals surface area contributed by atoms with Crippen LogP contribution in [-0.2, 0) is 11.3 Å². The van der Waals surface area contributed by atoms with E-state index in [0.29, 0.717) is 23.1 Å². The molecule has 1 fully saturated rings. The molecule has 1 amide bonds. The van der Waals surface area contributed by atoms with Gasteiger partial charge in [0.1, 0.15) is 5.75 Å². The number of methoxy groups -OCH3 is 1. The molecule has 0 aromatic heterocycles. The Morgan fingerprint density at radius 2 is 1.93 bits per heavy atom. The van der Waals surface area contributed by atoms with Crippen molar-refractivity contribution >= 4 is 34.8 Å². The minimum atomic E-state index is -0.0452. The number of carbonyl (C=O) groups is 1. The molecule has 6 heteroatoms. The van der Waals surface area contributed by atoms with Crippen molar-refractivity contribution in [2.24, 2.45) is 5.92 Å². The van der Waals surface area contributed by atoms with E-state index < -0.39 is 0 Å². The number of halogens is 2. The Bertz CT molecular complexity index is 792. The Kier molecular flexibility index (Phi) is 6.64. The molecule has 2 aromatic carbocycles. The highest BCUT2D eigenvalue weighted by Gasteiger charge is 2.29. The van der Waals surface area contributed by atoms with Gasteiger partial charge in [0.15, 0.2) is 0 Å². The van der Waals surface area contributed by atoms with Gasteiger partial charge in [-0.3, -0.25) is 9.69 Å². The van der Waals surface area contributed by atoms with Gasteiger partial charge >= 0.3 is 0 Å². The van der Waals surface area contributed by atoms with Crippen LogP contribution in [0.1, 0.15) is 18.4 Å². The van der Waals surface area contributed by atoms with E-state index in [2.05, 4.69) is 4.90 Å². The zero-order chi connectivity index (χ0) is 19.4. The fraction of sp³-hybridized carbons (Fsp3) is 0.381. The van der Waals surface area contributed by atoms with Crippen molar-refractivity contribution in [3.8, 4) is 5.75 Å². The third-order valence-corrected chi connectivity index (χ3v) is 5.78. The molecule has 0 bridgehead atoms. The molecule has 0 saturated carbocycles. The maximum absolute atomic E-state index is 13.0. The Morgan fingerprint density at radius 1 is 1.22 bits per heavy atom. The number of piperidine rings is 1. The van der Waals surface area contributed by atoms with Crippen molar-refractivity contribution in [1.29, 1.82) is 0 Å². The maximum Gasteiger partial charge on any atom is 0.231 e.